The third-order valence-electron chi connectivity index (χ3n) is 3.22. The fourth-order valence-corrected chi connectivity index (χ4v) is 1.63. The zero-order chi connectivity index (χ0) is 20.8. The summed E-state index contributed by atoms with van der Waals surface area (Å²) < 4.78 is 4.15. The van der Waals surface area contributed by atoms with Crippen LogP contribution in [0.1, 0.15) is 0 Å². The van der Waals surface area contributed by atoms with Crippen LogP contribution in [0, 0.1) is 0 Å². The highest BCUT2D eigenvalue weighted by Gasteiger charge is 2.43. The molecular weight excluding hydrogens is 368 g/mol. The number of aliphatic carboxylic acids is 2. The summed E-state index contributed by atoms with van der Waals surface area (Å²) in [5.74, 6) is -6.08. The minimum atomic E-state index is -2.67. The van der Waals surface area contributed by atoms with Crippen LogP contribution >= 0.6 is 0 Å². The number of esters is 1. The van der Waals surface area contributed by atoms with Gasteiger partial charge in [0.2, 0.25) is 6.10 Å². The lowest BCUT2D eigenvalue weighted by atomic mass is 10.0. The van der Waals surface area contributed by atoms with Crippen molar-refractivity contribution in [2.24, 2.45) is 0 Å². The van der Waals surface area contributed by atoms with E-state index in [2.05, 4.69) is 4.74 Å². The average Bonchev–Trinajstić information content (AvgIpc) is 2.60. The van der Waals surface area contributed by atoms with Gasteiger partial charge >= 0.3 is 17.9 Å². The fourth-order valence-electron chi connectivity index (χ4n) is 1.63. The van der Waals surface area contributed by atoms with E-state index in [0.717, 1.165) is 0 Å². The molecule has 0 saturated heterocycles. The molecule has 152 valence electrons. The van der Waals surface area contributed by atoms with E-state index in [0.29, 0.717) is 0 Å². The molecule has 26 heavy (non-hydrogen) atoms. The number of carboxylic acid groups (broad SMARTS) is 2. The summed E-state index contributed by atoms with van der Waals surface area (Å²) in [5.41, 5.74) is 0. The standard InChI is InChI=1S/C12H20O14/c13-1-2(14)3(15)4(16)8(20)12(25)26-9(11(23)24)6(18)5(17)7(19)10(21)22/h2-9,13-20H,1H2,(H,21,22)(H,23,24)/t2-,3-,4+,5+,6+,7+,8-,9-/m1/s1. The largest absolute Gasteiger partial charge is 0.479 e. The van der Waals surface area contributed by atoms with Crippen LogP contribution in [-0.2, 0) is 19.1 Å². The average molecular weight is 388 g/mol. The Bertz CT molecular complexity index is 494. The van der Waals surface area contributed by atoms with Gasteiger partial charge in [-0.1, -0.05) is 0 Å². The third kappa shape index (κ3) is 6.11. The molecule has 0 radical (unpaired) electrons. The molecule has 8 atom stereocenters. The highest BCUT2D eigenvalue weighted by atomic mass is 16.6. The van der Waals surface area contributed by atoms with Crippen LogP contribution in [-0.4, -0.2) is 124 Å². The van der Waals surface area contributed by atoms with Gasteiger partial charge < -0.3 is 55.8 Å². The van der Waals surface area contributed by atoms with Gasteiger partial charge in [-0.3, -0.25) is 0 Å². The maximum atomic E-state index is 11.6. The predicted octanol–water partition coefficient (Wildman–Crippen LogP) is -6.41. The van der Waals surface area contributed by atoms with Crippen LogP contribution in [0.25, 0.3) is 0 Å². The van der Waals surface area contributed by atoms with E-state index < -0.39 is 73.3 Å². The predicted molar refractivity (Wildman–Crippen MR) is 74.3 cm³/mol. The van der Waals surface area contributed by atoms with Gasteiger partial charge in [-0.05, 0) is 0 Å². The Labute approximate surface area is 144 Å². The molecule has 0 heterocycles. The number of hydrogen-bond donors (Lipinski definition) is 10. The summed E-state index contributed by atoms with van der Waals surface area (Å²) >= 11 is 0. The molecule has 0 aliphatic carbocycles. The Hall–Kier alpha value is -1.91. The van der Waals surface area contributed by atoms with Crippen molar-refractivity contribution in [1.82, 2.24) is 0 Å². The van der Waals surface area contributed by atoms with Crippen molar-refractivity contribution in [3.05, 3.63) is 0 Å². The molecule has 0 aliphatic rings. The van der Waals surface area contributed by atoms with Crippen molar-refractivity contribution in [2.45, 2.75) is 48.8 Å². The van der Waals surface area contributed by atoms with Crippen LogP contribution in [0.5, 0.6) is 0 Å². The Morgan fingerprint density at radius 2 is 1.15 bits per heavy atom. The minimum absolute atomic E-state index is 1.06. The van der Waals surface area contributed by atoms with E-state index in [4.69, 9.17) is 25.5 Å². The highest BCUT2D eigenvalue weighted by molar-refractivity contribution is 5.81. The molecule has 0 saturated carbocycles. The van der Waals surface area contributed by atoms with Gasteiger partial charge in [0.15, 0.2) is 12.2 Å². The molecule has 14 heteroatoms. The number of carbonyl (C=O) groups is 3. The second-order valence-electron chi connectivity index (χ2n) is 5.14. The van der Waals surface area contributed by atoms with Gasteiger partial charge in [-0.15, -0.1) is 0 Å². The number of hydrogen-bond acceptors (Lipinski definition) is 12. The lowest BCUT2D eigenvalue weighted by Crippen LogP contribution is -2.54. The number of aliphatic hydroxyl groups is 8. The first kappa shape index (κ1) is 24.1. The number of aliphatic hydroxyl groups excluding tert-OH is 8. The third-order valence-corrected chi connectivity index (χ3v) is 3.22. The normalized spacial score (nSPS) is 20.8. The van der Waals surface area contributed by atoms with Crippen molar-refractivity contribution < 1.29 is 70.2 Å². The maximum Gasteiger partial charge on any atom is 0.347 e. The van der Waals surface area contributed by atoms with E-state index in [-0.39, 0.29) is 0 Å². The summed E-state index contributed by atoms with van der Waals surface area (Å²) in [5, 5.41) is 91.4. The SMILES string of the molecule is O=C(O)[C@@H](O)[C@@H](O)[C@H](O)[C@@H](OC(=O)[C@H](O)[C@@H](O)[C@H](O)[C@H](O)CO)C(=O)O. The zero-order valence-corrected chi connectivity index (χ0v) is 12.9. The lowest BCUT2D eigenvalue weighted by molar-refractivity contribution is -0.196. The molecule has 10 N–H and O–H groups in total. The van der Waals surface area contributed by atoms with Gasteiger partial charge in [0.1, 0.15) is 30.5 Å². The molecule has 0 aliphatic heterocycles. The van der Waals surface area contributed by atoms with Gasteiger partial charge in [0.25, 0.3) is 0 Å². The molecule has 0 bridgehead atoms. The molecular formula is C12H20O14. The van der Waals surface area contributed by atoms with E-state index >= 15 is 0 Å². The van der Waals surface area contributed by atoms with Crippen molar-refractivity contribution in [3.8, 4) is 0 Å². The van der Waals surface area contributed by atoms with Crippen LogP contribution < -0.4 is 0 Å². The summed E-state index contributed by atoms with van der Waals surface area (Å²) in [7, 11) is 0. The summed E-state index contributed by atoms with van der Waals surface area (Å²) in [6, 6.07) is 0. The van der Waals surface area contributed by atoms with E-state index in [1.54, 1.807) is 0 Å². The molecule has 0 amide bonds. The van der Waals surface area contributed by atoms with Crippen LogP contribution in [0.3, 0.4) is 0 Å². The lowest BCUT2D eigenvalue weighted by Gasteiger charge is -2.28. The van der Waals surface area contributed by atoms with Gasteiger partial charge in [0, 0.05) is 0 Å². The first-order valence-electron chi connectivity index (χ1n) is 6.90. The van der Waals surface area contributed by atoms with Crippen LogP contribution in [0.2, 0.25) is 0 Å². The Kier molecular flexibility index (Phi) is 9.53. The molecule has 0 spiro atoms. The number of carbonyl (C=O) groups excluding carboxylic acids is 1. The Morgan fingerprint density at radius 3 is 1.54 bits per heavy atom. The molecule has 0 aromatic heterocycles. The summed E-state index contributed by atoms with van der Waals surface area (Å²) in [6.45, 7) is -1.06. The number of ether oxygens (including phenoxy) is 1. The smallest absolute Gasteiger partial charge is 0.347 e. The van der Waals surface area contributed by atoms with Crippen LogP contribution in [0.4, 0.5) is 0 Å². The number of carboxylic acids is 2. The topological polar surface area (TPSA) is 263 Å². The van der Waals surface area contributed by atoms with Crippen LogP contribution in [0.15, 0.2) is 0 Å². The molecule has 0 unspecified atom stereocenters. The number of rotatable bonds is 11. The van der Waals surface area contributed by atoms with Crippen molar-refractivity contribution in [1.29, 1.82) is 0 Å². The molecule has 14 nitrogen and oxygen atoms in total. The fraction of sp³-hybridized carbons (Fsp3) is 0.750. The second-order valence-corrected chi connectivity index (χ2v) is 5.14. The first-order valence-corrected chi connectivity index (χ1v) is 6.90. The van der Waals surface area contributed by atoms with E-state index in [9.17, 15) is 39.9 Å². The van der Waals surface area contributed by atoms with Gasteiger partial charge in [-0.2, -0.15) is 0 Å². The Balaban J connectivity index is 5.18. The monoisotopic (exact) mass is 388 g/mol. The highest BCUT2D eigenvalue weighted by Crippen LogP contribution is 2.13. The Morgan fingerprint density at radius 1 is 0.692 bits per heavy atom. The van der Waals surface area contributed by atoms with Gasteiger partial charge in [0.05, 0.1) is 6.61 Å². The first-order chi connectivity index (χ1) is 11.9. The molecule has 0 rings (SSSR count). The maximum absolute atomic E-state index is 11.6. The molecule has 0 fully saturated rings. The van der Waals surface area contributed by atoms with E-state index in [1.165, 1.54) is 0 Å². The second kappa shape index (κ2) is 10.3. The quantitative estimate of drug-likeness (QED) is 0.148. The van der Waals surface area contributed by atoms with Crippen molar-refractivity contribution in [2.75, 3.05) is 6.61 Å². The van der Waals surface area contributed by atoms with E-state index in [1.807, 2.05) is 0 Å². The zero-order valence-electron chi connectivity index (χ0n) is 12.9. The van der Waals surface area contributed by atoms with Crippen molar-refractivity contribution in [3.63, 3.8) is 0 Å². The minimum Gasteiger partial charge on any atom is -0.479 e. The van der Waals surface area contributed by atoms with Crippen molar-refractivity contribution >= 4 is 17.9 Å². The summed E-state index contributed by atoms with van der Waals surface area (Å²) in [6.07, 6.45) is -19.9. The molecule has 0 aromatic carbocycles. The summed E-state index contributed by atoms with van der Waals surface area (Å²) in [4.78, 5) is 33.1. The van der Waals surface area contributed by atoms with Gasteiger partial charge in [-0.25, -0.2) is 14.4 Å². The molecule has 0 aromatic rings.